The van der Waals surface area contributed by atoms with Crippen molar-refractivity contribution >= 4 is 11.4 Å². The van der Waals surface area contributed by atoms with Crippen molar-refractivity contribution in [2.75, 3.05) is 16.3 Å². The first-order valence-corrected chi connectivity index (χ1v) is 20.3. The van der Waals surface area contributed by atoms with E-state index in [0.717, 1.165) is 19.4 Å². The van der Waals surface area contributed by atoms with Crippen LogP contribution >= 0.6 is 0 Å². The molecule has 0 radical (unpaired) electrons. The fourth-order valence-corrected chi connectivity index (χ4v) is 11.7. The zero-order valence-electron chi connectivity index (χ0n) is 31.3. The summed E-state index contributed by atoms with van der Waals surface area (Å²) in [6.45, 7) is 5.86. The van der Waals surface area contributed by atoms with Crippen molar-refractivity contribution in [3.8, 4) is 11.1 Å². The SMILES string of the molecule is C/C1=C(\C=C/CN(c2c#cccc2)C2CCC3C(C2)c2ccccc2N3C2=CC=CC=CC2)C(C)CCCC2CC13c1ccccc1-c1cccc2c13. The van der Waals surface area contributed by atoms with E-state index in [1.165, 1.54) is 77.9 Å². The lowest BCUT2D eigenvalue weighted by Crippen LogP contribution is -2.45. The van der Waals surface area contributed by atoms with Crippen LogP contribution in [0, 0.1) is 18.1 Å². The molecule has 10 rings (SSSR count). The molecule has 1 fully saturated rings. The lowest BCUT2D eigenvalue weighted by atomic mass is 9.70. The second-order valence-electron chi connectivity index (χ2n) is 16.5. The van der Waals surface area contributed by atoms with Crippen molar-refractivity contribution in [1.82, 2.24) is 0 Å². The molecular formula is C51H50N2. The van der Waals surface area contributed by atoms with Crippen LogP contribution in [0.2, 0.25) is 0 Å². The molecule has 0 amide bonds. The highest BCUT2D eigenvalue weighted by Gasteiger charge is 2.53. The van der Waals surface area contributed by atoms with E-state index in [9.17, 15) is 0 Å². The molecule has 2 nitrogen and oxygen atoms in total. The Morgan fingerprint density at radius 3 is 2.66 bits per heavy atom. The second-order valence-corrected chi connectivity index (χ2v) is 16.5. The maximum atomic E-state index is 3.53. The number of nitrogens with zero attached hydrogens (tertiary/aromatic N) is 2. The number of para-hydroxylation sites is 1. The Kier molecular flexibility index (Phi) is 8.09. The first-order valence-electron chi connectivity index (χ1n) is 20.3. The van der Waals surface area contributed by atoms with Gasteiger partial charge in [-0.1, -0.05) is 128 Å². The zero-order valence-corrected chi connectivity index (χ0v) is 31.3. The zero-order chi connectivity index (χ0) is 35.5. The van der Waals surface area contributed by atoms with Gasteiger partial charge in [-0.25, -0.2) is 0 Å². The number of fused-ring (bicyclic) bond motifs is 7. The highest BCUT2D eigenvalue weighted by atomic mass is 15.2. The molecule has 6 unspecified atom stereocenters. The number of anilines is 2. The molecule has 1 saturated carbocycles. The van der Waals surface area contributed by atoms with E-state index in [-0.39, 0.29) is 5.41 Å². The number of rotatable bonds is 6. The van der Waals surface area contributed by atoms with Crippen molar-refractivity contribution in [1.29, 1.82) is 0 Å². The van der Waals surface area contributed by atoms with Crippen LogP contribution in [-0.4, -0.2) is 18.6 Å². The van der Waals surface area contributed by atoms with Gasteiger partial charge in [-0.3, -0.25) is 0 Å². The molecule has 2 heteroatoms. The minimum Gasteiger partial charge on any atom is -0.358 e. The minimum atomic E-state index is -0.0220. The van der Waals surface area contributed by atoms with E-state index in [1.807, 2.05) is 6.07 Å². The Balaban J connectivity index is 0.995. The quantitative estimate of drug-likeness (QED) is 0.199. The van der Waals surface area contributed by atoms with Crippen LogP contribution in [-0.2, 0) is 5.41 Å². The summed E-state index contributed by atoms with van der Waals surface area (Å²) in [7, 11) is 0. The van der Waals surface area contributed by atoms with Crippen molar-refractivity contribution in [3.05, 3.63) is 179 Å². The fourth-order valence-electron chi connectivity index (χ4n) is 11.7. The molecule has 1 heterocycles. The third-order valence-corrected chi connectivity index (χ3v) is 14.0. The van der Waals surface area contributed by atoms with E-state index in [0.29, 0.717) is 29.8 Å². The average molecular weight is 691 g/mol. The van der Waals surface area contributed by atoms with Crippen LogP contribution < -0.4 is 9.80 Å². The molecule has 5 aliphatic carbocycles. The molecule has 6 atom stereocenters. The van der Waals surface area contributed by atoms with Gasteiger partial charge in [0, 0.05) is 47.8 Å². The van der Waals surface area contributed by atoms with Gasteiger partial charge in [-0.15, -0.1) is 0 Å². The highest BCUT2D eigenvalue weighted by Crippen LogP contribution is 2.64. The summed E-state index contributed by atoms with van der Waals surface area (Å²) >= 11 is 0. The van der Waals surface area contributed by atoms with Crippen LogP contribution in [0.5, 0.6) is 0 Å². The Morgan fingerprint density at radius 2 is 1.74 bits per heavy atom. The van der Waals surface area contributed by atoms with Gasteiger partial charge in [-0.2, -0.15) is 0 Å². The third-order valence-electron chi connectivity index (χ3n) is 14.0. The largest absolute Gasteiger partial charge is 0.358 e. The molecule has 4 aromatic carbocycles. The summed E-state index contributed by atoms with van der Waals surface area (Å²) in [4.78, 5) is 5.34. The van der Waals surface area contributed by atoms with Gasteiger partial charge in [0.15, 0.2) is 0 Å². The Bertz CT molecular complexity index is 2200. The van der Waals surface area contributed by atoms with E-state index in [1.54, 1.807) is 22.3 Å². The van der Waals surface area contributed by atoms with E-state index in [2.05, 4.69) is 157 Å². The molecular weight excluding hydrogens is 641 g/mol. The predicted octanol–water partition coefficient (Wildman–Crippen LogP) is 12.2. The minimum absolute atomic E-state index is 0.0220. The number of hydrogen-bond donors (Lipinski definition) is 0. The number of allylic oxidation sites excluding steroid dienone is 8. The summed E-state index contributed by atoms with van der Waals surface area (Å²) in [6, 6.07) is 39.8. The van der Waals surface area contributed by atoms with E-state index >= 15 is 0 Å². The summed E-state index contributed by atoms with van der Waals surface area (Å²) in [5, 5.41) is 0. The topological polar surface area (TPSA) is 6.48 Å². The Morgan fingerprint density at radius 1 is 0.868 bits per heavy atom. The summed E-state index contributed by atoms with van der Waals surface area (Å²) in [6.07, 6.45) is 25.7. The van der Waals surface area contributed by atoms with E-state index in [4.69, 9.17) is 0 Å². The van der Waals surface area contributed by atoms with Gasteiger partial charge in [0.25, 0.3) is 0 Å². The monoisotopic (exact) mass is 690 g/mol. The van der Waals surface area contributed by atoms with E-state index < -0.39 is 0 Å². The summed E-state index contributed by atoms with van der Waals surface area (Å²) in [5.74, 6) is 1.67. The molecule has 0 aromatic heterocycles. The van der Waals surface area contributed by atoms with Gasteiger partial charge >= 0.3 is 0 Å². The molecule has 53 heavy (non-hydrogen) atoms. The van der Waals surface area contributed by atoms with Crippen molar-refractivity contribution in [3.63, 3.8) is 0 Å². The molecule has 6 aliphatic rings. The maximum absolute atomic E-state index is 3.53. The molecule has 264 valence electrons. The van der Waals surface area contributed by atoms with Crippen LogP contribution in [0.1, 0.15) is 99.3 Å². The van der Waals surface area contributed by atoms with Crippen LogP contribution in [0.15, 0.2) is 144 Å². The second kappa shape index (κ2) is 13.1. The molecule has 0 saturated heterocycles. The first-order chi connectivity index (χ1) is 26.1. The molecule has 2 bridgehead atoms. The fraction of sp³-hybridized carbons (Fsp3) is 0.333. The first kappa shape index (κ1) is 32.6. The molecule has 1 aliphatic heterocycles. The van der Waals surface area contributed by atoms with Crippen LogP contribution in [0.3, 0.4) is 0 Å². The van der Waals surface area contributed by atoms with Gasteiger partial charge in [0.05, 0.1) is 5.69 Å². The molecule has 4 aromatic rings. The number of benzene rings is 3. The lowest BCUT2D eigenvalue weighted by Gasteiger charge is -2.42. The van der Waals surface area contributed by atoms with Gasteiger partial charge in [0.1, 0.15) is 0 Å². The van der Waals surface area contributed by atoms with Crippen molar-refractivity contribution in [2.45, 2.75) is 94.5 Å². The molecule has 1 spiro atoms. The Labute approximate surface area is 316 Å². The smallest absolute Gasteiger partial charge is 0.0888 e. The van der Waals surface area contributed by atoms with Gasteiger partial charge in [-0.05, 0) is 127 Å². The highest BCUT2D eigenvalue weighted by molar-refractivity contribution is 5.86. The van der Waals surface area contributed by atoms with Gasteiger partial charge < -0.3 is 9.80 Å². The van der Waals surface area contributed by atoms with Gasteiger partial charge in [0.2, 0.25) is 0 Å². The average Bonchev–Trinajstić information content (AvgIpc) is 3.72. The van der Waals surface area contributed by atoms with Crippen LogP contribution in [0.25, 0.3) is 11.1 Å². The lowest BCUT2D eigenvalue weighted by molar-refractivity contribution is 0.345. The summed E-state index contributed by atoms with van der Waals surface area (Å²) in [5.41, 5.74) is 16.3. The normalized spacial score (nSPS) is 29.3. The Hall–Kier alpha value is -5.00. The summed E-state index contributed by atoms with van der Waals surface area (Å²) < 4.78 is 0. The maximum Gasteiger partial charge on any atom is 0.0888 e. The van der Waals surface area contributed by atoms with Crippen molar-refractivity contribution in [2.24, 2.45) is 5.92 Å². The van der Waals surface area contributed by atoms with Crippen LogP contribution in [0.4, 0.5) is 11.4 Å². The molecule has 0 N–H and O–H groups in total. The third kappa shape index (κ3) is 5.15. The standard InChI is InChI=1S/C51H50N2/c1-35-17-14-18-37-34-51(47-28-12-10-23-43(47)45-26-15-25-42(37)50(45)51)36(2)41(35)27-16-32-52(38-19-8-5-9-20-38)40-30-31-49-46(33-40)44-24-11-13-29-48(44)53(49)39-21-6-3-4-7-22-39/h3-8,10-13,15-16,19,21,23-29,35,37,40,46,49H,14,17-18,22,30-34H2,1-2H3/b27-16-,41-36-. The van der Waals surface area contributed by atoms with Crippen molar-refractivity contribution < 1.29 is 0 Å². The number of hydrogen-bond acceptors (Lipinski definition) is 2. The predicted molar refractivity (Wildman–Crippen MR) is 220 cm³/mol.